The third-order valence-electron chi connectivity index (χ3n) is 2.87. The fourth-order valence-electron chi connectivity index (χ4n) is 1.81. The van der Waals surface area contributed by atoms with Crippen molar-refractivity contribution in [3.05, 3.63) is 64.2 Å². The molecule has 0 saturated carbocycles. The molecular formula is C15H11F3N2O4. The molecule has 1 amide bonds. The molecule has 2 aromatic carbocycles. The van der Waals surface area contributed by atoms with Gasteiger partial charge in [-0.05, 0) is 24.3 Å². The van der Waals surface area contributed by atoms with E-state index in [-0.39, 0.29) is 17.1 Å². The highest BCUT2D eigenvalue weighted by atomic mass is 19.4. The van der Waals surface area contributed by atoms with Gasteiger partial charge >= 0.3 is 6.18 Å². The van der Waals surface area contributed by atoms with Crippen molar-refractivity contribution >= 4 is 17.3 Å². The number of benzene rings is 2. The van der Waals surface area contributed by atoms with Crippen LogP contribution >= 0.6 is 0 Å². The Morgan fingerprint density at radius 1 is 1.17 bits per heavy atom. The normalized spacial score (nSPS) is 11.0. The van der Waals surface area contributed by atoms with E-state index in [9.17, 15) is 28.1 Å². The molecule has 9 heteroatoms. The lowest BCUT2D eigenvalue weighted by molar-refractivity contribution is -0.384. The predicted octanol–water partition coefficient (Wildman–Crippen LogP) is 3.63. The van der Waals surface area contributed by atoms with E-state index in [0.29, 0.717) is 0 Å². The second-order valence-electron chi connectivity index (χ2n) is 4.67. The van der Waals surface area contributed by atoms with Gasteiger partial charge in [-0.3, -0.25) is 14.9 Å². The van der Waals surface area contributed by atoms with E-state index < -0.39 is 29.2 Å². The molecule has 0 saturated heterocycles. The van der Waals surface area contributed by atoms with Crippen LogP contribution in [-0.4, -0.2) is 17.4 Å². The van der Waals surface area contributed by atoms with Crippen molar-refractivity contribution in [2.24, 2.45) is 0 Å². The van der Waals surface area contributed by atoms with E-state index in [2.05, 4.69) is 5.32 Å². The van der Waals surface area contributed by atoms with Crippen LogP contribution in [-0.2, 0) is 11.0 Å². The number of halogens is 3. The summed E-state index contributed by atoms with van der Waals surface area (Å²) < 4.78 is 42.7. The molecule has 0 bridgehead atoms. The quantitative estimate of drug-likeness (QED) is 0.666. The van der Waals surface area contributed by atoms with Gasteiger partial charge in [0.05, 0.1) is 10.5 Å². The Kier molecular flexibility index (Phi) is 5.02. The largest absolute Gasteiger partial charge is 0.484 e. The highest BCUT2D eigenvalue weighted by Crippen LogP contribution is 2.31. The Bertz CT molecular complexity index is 762. The lowest BCUT2D eigenvalue weighted by Crippen LogP contribution is -2.20. The Morgan fingerprint density at radius 3 is 2.54 bits per heavy atom. The third kappa shape index (κ3) is 4.70. The fourth-order valence-corrected chi connectivity index (χ4v) is 1.81. The number of carbonyl (C=O) groups excluding carboxylic acids is 1. The SMILES string of the molecule is O=C(COc1cccc(C(F)(F)F)c1)Nc1cccc([N+](=O)[O-])c1. The lowest BCUT2D eigenvalue weighted by Gasteiger charge is -2.10. The lowest BCUT2D eigenvalue weighted by atomic mass is 10.2. The van der Waals surface area contributed by atoms with E-state index in [0.717, 1.165) is 24.3 Å². The van der Waals surface area contributed by atoms with Crippen LogP contribution in [0.4, 0.5) is 24.5 Å². The molecule has 0 aliphatic heterocycles. The van der Waals surface area contributed by atoms with E-state index in [1.165, 1.54) is 24.3 Å². The number of anilines is 1. The average molecular weight is 340 g/mol. The molecule has 0 fully saturated rings. The van der Waals surface area contributed by atoms with Crippen LogP contribution in [0.5, 0.6) is 5.75 Å². The summed E-state index contributed by atoms with van der Waals surface area (Å²) in [7, 11) is 0. The molecule has 0 radical (unpaired) electrons. The van der Waals surface area contributed by atoms with E-state index in [1.807, 2.05) is 0 Å². The predicted molar refractivity (Wildman–Crippen MR) is 78.7 cm³/mol. The number of alkyl halides is 3. The molecule has 0 aliphatic rings. The van der Waals surface area contributed by atoms with Crippen LogP contribution < -0.4 is 10.1 Å². The molecule has 2 rings (SSSR count). The average Bonchev–Trinajstić information content (AvgIpc) is 2.52. The molecule has 24 heavy (non-hydrogen) atoms. The number of hydrogen-bond acceptors (Lipinski definition) is 4. The van der Waals surface area contributed by atoms with Gasteiger partial charge < -0.3 is 10.1 Å². The minimum absolute atomic E-state index is 0.112. The maximum Gasteiger partial charge on any atom is 0.416 e. The monoisotopic (exact) mass is 340 g/mol. The Labute approximate surface area is 134 Å². The number of ether oxygens (including phenoxy) is 1. The van der Waals surface area contributed by atoms with Crippen LogP contribution in [0.15, 0.2) is 48.5 Å². The summed E-state index contributed by atoms with van der Waals surface area (Å²) in [5.74, 6) is -0.771. The molecule has 0 heterocycles. The van der Waals surface area contributed by atoms with Gasteiger partial charge in [0, 0.05) is 17.8 Å². The van der Waals surface area contributed by atoms with Crippen molar-refractivity contribution in [1.82, 2.24) is 0 Å². The van der Waals surface area contributed by atoms with Crippen molar-refractivity contribution in [2.45, 2.75) is 6.18 Å². The molecule has 0 spiro atoms. The molecule has 1 N–H and O–H groups in total. The van der Waals surface area contributed by atoms with Gasteiger partial charge in [0.2, 0.25) is 0 Å². The van der Waals surface area contributed by atoms with Crippen LogP contribution in [0.25, 0.3) is 0 Å². The maximum absolute atomic E-state index is 12.6. The van der Waals surface area contributed by atoms with Crippen LogP contribution in [0.1, 0.15) is 5.56 Å². The highest BCUT2D eigenvalue weighted by Gasteiger charge is 2.30. The molecule has 126 valence electrons. The van der Waals surface area contributed by atoms with Crippen molar-refractivity contribution in [3.63, 3.8) is 0 Å². The van der Waals surface area contributed by atoms with E-state index in [1.54, 1.807) is 0 Å². The number of nitro groups is 1. The number of nitro benzene ring substituents is 1. The van der Waals surface area contributed by atoms with E-state index in [4.69, 9.17) is 4.74 Å². The number of rotatable bonds is 5. The summed E-state index contributed by atoms with van der Waals surface area (Å²) in [6, 6.07) is 9.36. The van der Waals surface area contributed by atoms with Gasteiger partial charge in [-0.1, -0.05) is 12.1 Å². The number of nitrogens with one attached hydrogen (secondary N) is 1. The van der Waals surface area contributed by atoms with Crippen LogP contribution in [0.2, 0.25) is 0 Å². The van der Waals surface area contributed by atoms with Crippen molar-refractivity contribution in [2.75, 3.05) is 11.9 Å². The van der Waals surface area contributed by atoms with Gasteiger partial charge in [-0.25, -0.2) is 0 Å². The molecule has 0 atom stereocenters. The number of non-ortho nitro benzene ring substituents is 1. The molecule has 2 aromatic rings. The second-order valence-corrected chi connectivity index (χ2v) is 4.67. The number of nitrogens with zero attached hydrogens (tertiary/aromatic N) is 1. The first-order valence-electron chi connectivity index (χ1n) is 6.60. The summed E-state index contributed by atoms with van der Waals surface area (Å²) in [4.78, 5) is 21.7. The van der Waals surface area contributed by atoms with Gasteiger partial charge in [0.1, 0.15) is 5.75 Å². The summed E-state index contributed by atoms with van der Waals surface area (Å²) >= 11 is 0. The van der Waals surface area contributed by atoms with E-state index >= 15 is 0 Å². The van der Waals surface area contributed by atoms with Gasteiger partial charge in [0.25, 0.3) is 11.6 Å². The molecule has 0 unspecified atom stereocenters. The van der Waals surface area contributed by atoms with Gasteiger partial charge in [-0.15, -0.1) is 0 Å². The maximum atomic E-state index is 12.6. The summed E-state index contributed by atoms with van der Waals surface area (Å²) in [5.41, 5.74) is -0.910. The number of amides is 1. The third-order valence-corrected chi connectivity index (χ3v) is 2.87. The number of hydrogen-bond donors (Lipinski definition) is 1. The van der Waals surface area contributed by atoms with Crippen molar-refractivity contribution < 1.29 is 27.6 Å². The smallest absolute Gasteiger partial charge is 0.416 e. The first kappa shape index (κ1) is 17.3. The highest BCUT2D eigenvalue weighted by molar-refractivity contribution is 5.92. The van der Waals surface area contributed by atoms with Gasteiger partial charge in [-0.2, -0.15) is 13.2 Å². The number of carbonyl (C=O) groups is 1. The van der Waals surface area contributed by atoms with Crippen LogP contribution in [0, 0.1) is 10.1 Å². The Morgan fingerprint density at radius 2 is 1.88 bits per heavy atom. The second kappa shape index (κ2) is 6.99. The molecular weight excluding hydrogens is 329 g/mol. The van der Waals surface area contributed by atoms with Crippen molar-refractivity contribution in [3.8, 4) is 5.75 Å². The van der Waals surface area contributed by atoms with Gasteiger partial charge in [0.15, 0.2) is 6.61 Å². The zero-order valence-electron chi connectivity index (χ0n) is 12.0. The first-order chi connectivity index (χ1) is 11.3. The Hall–Kier alpha value is -3.10. The summed E-state index contributed by atoms with van der Waals surface area (Å²) in [6.45, 7) is -0.538. The standard InChI is InChI=1S/C15H11F3N2O4/c16-15(17,18)10-3-1-6-13(7-10)24-9-14(21)19-11-4-2-5-12(8-11)20(22)23/h1-8H,9H2,(H,19,21). The zero-order valence-corrected chi connectivity index (χ0v) is 12.0. The fraction of sp³-hybridized carbons (Fsp3) is 0.133. The minimum atomic E-state index is -4.51. The first-order valence-corrected chi connectivity index (χ1v) is 6.60. The summed E-state index contributed by atoms with van der Waals surface area (Å²) in [5, 5.41) is 13.0. The summed E-state index contributed by atoms with van der Waals surface area (Å²) in [6.07, 6.45) is -4.51. The topological polar surface area (TPSA) is 81.5 Å². The molecule has 6 nitrogen and oxygen atoms in total. The van der Waals surface area contributed by atoms with Crippen molar-refractivity contribution in [1.29, 1.82) is 0 Å². The molecule has 0 aliphatic carbocycles. The minimum Gasteiger partial charge on any atom is -0.484 e. The Balaban J connectivity index is 1.96. The van der Waals surface area contributed by atoms with Crippen LogP contribution in [0.3, 0.4) is 0 Å². The zero-order chi connectivity index (χ0) is 17.7. The molecule has 0 aromatic heterocycles.